The highest BCUT2D eigenvalue weighted by molar-refractivity contribution is 6.35. The van der Waals surface area contributed by atoms with Crippen LogP contribution in [0.4, 0.5) is 0 Å². The fourth-order valence-corrected chi connectivity index (χ4v) is 0.876. The standard InChI is InChI=1S/C9H8Cl2O/c10-6-9(11)12-7-8-4-2-1-3-5-8/h1-6H,7H2/b9-6+. The van der Waals surface area contributed by atoms with Gasteiger partial charge in [-0.3, -0.25) is 0 Å². The van der Waals surface area contributed by atoms with Crippen molar-refractivity contribution >= 4 is 23.2 Å². The highest BCUT2D eigenvalue weighted by atomic mass is 35.5. The van der Waals surface area contributed by atoms with Crippen molar-refractivity contribution in [3.8, 4) is 0 Å². The SMILES string of the molecule is Cl/C=C(\Cl)OCc1ccccc1. The lowest BCUT2D eigenvalue weighted by atomic mass is 10.2. The van der Waals surface area contributed by atoms with Gasteiger partial charge in [-0.2, -0.15) is 0 Å². The number of hydrogen-bond acceptors (Lipinski definition) is 1. The molecule has 1 aromatic carbocycles. The monoisotopic (exact) mass is 202 g/mol. The molecular formula is C9H8Cl2O. The fourth-order valence-electron chi connectivity index (χ4n) is 0.758. The molecule has 0 saturated heterocycles. The quantitative estimate of drug-likeness (QED) is 0.683. The van der Waals surface area contributed by atoms with Gasteiger partial charge >= 0.3 is 0 Å². The predicted octanol–water partition coefficient (Wildman–Crippen LogP) is 3.48. The Labute approximate surface area is 81.6 Å². The molecule has 1 rings (SSSR count). The highest BCUT2D eigenvalue weighted by Crippen LogP contribution is 2.09. The molecule has 0 spiro atoms. The molecule has 0 N–H and O–H groups in total. The average molecular weight is 203 g/mol. The van der Waals surface area contributed by atoms with E-state index in [0.29, 0.717) is 6.61 Å². The molecule has 0 fully saturated rings. The fraction of sp³-hybridized carbons (Fsp3) is 0.111. The molecule has 0 bridgehead atoms. The maximum absolute atomic E-state index is 5.52. The van der Waals surface area contributed by atoms with Gasteiger partial charge in [0.25, 0.3) is 0 Å². The minimum atomic E-state index is 0.209. The first-order chi connectivity index (χ1) is 5.83. The summed E-state index contributed by atoms with van der Waals surface area (Å²) in [6.07, 6.45) is 0. The average Bonchev–Trinajstić information content (AvgIpc) is 2.16. The van der Waals surface area contributed by atoms with Crippen LogP contribution in [0.3, 0.4) is 0 Å². The van der Waals surface area contributed by atoms with Crippen molar-refractivity contribution in [1.82, 2.24) is 0 Å². The van der Waals surface area contributed by atoms with E-state index in [1.807, 2.05) is 30.3 Å². The second-order valence-electron chi connectivity index (χ2n) is 2.19. The first-order valence-corrected chi connectivity index (χ1v) is 4.27. The highest BCUT2D eigenvalue weighted by Gasteiger charge is 1.93. The summed E-state index contributed by atoms with van der Waals surface area (Å²) < 4.78 is 5.07. The molecule has 0 unspecified atom stereocenters. The molecule has 0 atom stereocenters. The Balaban J connectivity index is 2.44. The van der Waals surface area contributed by atoms with Crippen molar-refractivity contribution in [3.63, 3.8) is 0 Å². The van der Waals surface area contributed by atoms with Crippen molar-refractivity contribution < 1.29 is 4.74 Å². The zero-order chi connectivity index (χ0) is 8.81. The Hall–Kier alpha value is -0.660. The lowest BCUT2D eigenvalue weighted by Gasteiger charge is -2.02. The third-order valence-electron chi connectivity index (χ3n) is 1.31. The van der Waals surface area contributed by atoms with E-state index in [1.165, 1.54) is 5.54 Å². The summed E-state index contributed by atoms with van der Waals surface area (Å²) in [5.41, 5.74) is 2.26. The molecule has 1 aromatic rings. The van der Waals surface area contributed by atoms with Gasteiger partial charge in [0.1, 0.15) is 6.61 Å². The van der Waals surface area contributed by atoms with Crippen LogP contribution in [0.5, 0.6) is 0 Å². The molecule has 0 aliphatic heterocycles. The Morgan fingerprint density at radius 2 is 2.00 bits per heavy atom. The topological polar surface area (TPSA) is 9.23 Å². The van der Waals surface area contributed by atoms with Crippen LogP contribution in [-0.2, 0) is 11.3 Å². The van der Waals surface area contributed by atoms with E-state index >= 15 is 0 Å². The summed E-state index contributed by atoms with van der Waals surface area (Å²) in [7, 11) is 0. The Morgan fingerprint density at radius 3 is 2.58 bits per heavy atom. The van der Waals surface area contributed by atoms with E-state index in [-0.39, 0.29) is 5.22 Å². The summed E-state index contributed by atoms with van der Waals surface area (Å²) in [6, 6.07) is 9.74. The molecule has 0 radical (unpaired) electrons. The van der Waals surface area contributed by atoms with Gasteiger partial charge in [0.2, 0.25) is 0 Å². The lowest BCUT2D eigenvalue weighted by Crippen LogP contribution is -1.87. The molecule has 12 heavy (non-hydrogen) atoms. The predicted molar refractivity (Wildman–Crippen MR) is 51.0 cm³/mol. The zero-order valence-corrected chi connectivity index (χ0v) is 7.85. The minimum Gasteiger partial charge on any atom is -0.477 e. The number of benzene rings is 1. The second kappa shape index (κ2) is 5.07. The van der Waals surface area contributed by atoms with Gasteiger partial charge in [0, 0.05) is 0 Å². The van der Waals surface area contributed by atoms with Gasteiger partial charge < -0.3 is 4.74 Å². The first kappa shape index (κ1) is 9.43. The van der Waals surface area contributed by atoms with Gasteiger partial charge in [-0.05, 0) is 17.2 Å². The van der Waals surface area contributed by atoms with Crippen molar-refractivity contribution in [2.24, 2.45) is 0 Å². The van der Waals surface area contributed by atoms with Crippen LogP contribution in [0.25, 0.3) is 0 Å². The number of rotatable bonds is 3. The summed E-state index contributed by atoms with van der Waals surface area (Å²) >= 11 is 10.8. The molecule has 0 saturated carbocycles. The summed E-state index contributed by atoms with van der Waals surface area (Å²) in [6.45, 7) is 0.447. The molecule has 64 valence electrons. The van der Waals surface area contributed by atoms with Gasteiger partial charge in [-0.15, -0.1) is 0 Å². The molecule has 1 nitrogen and oxygen atoms in total. The molecular weight excluding hydrogens is 195 g/mol. The largest absolute Gasteiger partial charge is 0.477 e. The van der Waals surface area contributed by atoms with Crippen molar-refractivity contribution in [1.29, 1.82) is 0 Å². The molecule has 0 aromatic heterocycles. The molecule has 0 aliphatic carbocycles. The van der Waals surface area contributed by atoms with Crippen molar-refractivity contribution in [2.75, 3.05) is 0 Å². The van der Waals surface area contributed by atoms with Crippen LogP contribution in [0.2, 0.25) is 0 Å². The zero-order valence-electron chi connectivity index (χ0n) is 6.34. The van der Waals surface area contributed by atoms with E-state index in [1.54, 1.807) is 0 Å². The van der Waals surface area contributed by atoms with Crippen LogP contribution in [0.1, 0.15) is 5.56 Å². The van der Waals surface area contributed by atoms with E-state index in [9.17, 15) is 0 Å². The number of halogens is 2. The minimum absolute atomic E-state index is 0.209. The third-order valence-corrected chi connectivity index (χ3v) is 1.83. The van der Waals surface area contributed by atoms with E-state index in [0.717, 1.165) is 5.56 Å². The van der Waals surface area contributed by atoms with Crippen molar-refractivity contribution in [2.45, 2.75) is 6.61 Å². The molecule has 0 aliphatic rings. The van der Waals surface area contributed by atoms with Crippen LogP contribution < -0.4 is 0 Å². The Kier molecular flexibility index (Phi) is 3.98. The van der Waals surface area contributed by atoms with Crippen LogP contribution in [0, 0.1) is 0 Å². The summed E-state index contributed by atoms with van der Waals surface area (Å²) in [5, 5.41) is 0.209. The first-order valence-electron chi connectivity index (χ1n) is 3.45. The number of ether oxygens (including phenoxy) is 1. The smallest absolute Gasteiger partial charge is 0.198 e. The van der Waals surface area contributed by atoms with Crippen LogP contribution in [-0.4, -0.2) is 0 Å². The van der Waals surface area contributed by atoms with Crippen LogP contribution in [0.15, 0.2) is 41.1 Å². The molecule has 0 heterocycles. The normalized spacial score (nSPS) is 11.3. The van der Waals surface area contributed by atoms with Gasteiger partial charge in [0.05, 0.1) is 5.54 Å². The molecule has 3 heteroatoms. The van der Waals surface area contributed by atoms with Gasteiger partial charge in [0.15, 0.2) is 5.22 Å². The third kappa shape index (κ3) is 3.16. The summed E-state index contributed by atoms with van der Waals surface area (Å²) in [5.74, 6) is 0. The molecule has 0 amide bonds. The van der Waals surface area contributed by atoms with Gasteiger partial charge in [-0.25, -0.2) is 0 Å². The number of hydrogen-bond donors (Lipinski definition) is 0. The summed E-state index contributed by atoms with van der Waals surface area (Å²) in [4.78, 5) is 0. The Bertz CT molecular complexity index is 256. The van der Waals surface area contributed by atoms with Crippen LogP contribution >= 0.6 is 23.2 Å². The maximum Gasteiger partial charge on any atom is 0.198 e. The Morgan fingerprint density at radius 1 is 1.33 bits per heavy atom. The van der Waals surface area contributed by atoms with E-state index in [4.69, 9.17) is 27.9 Å². The van der Waals surface area contributed by atoms with Crippen molar-refractivity contribution in [3.05, 3.63) is 46.6 Å². The van der Waals surface area contributed by atoms with E-state index < -0.39 is 0 Å². The second-order valence-corrected chi connectivity index (χ2v) is 2.78. The van der Waals surface area contributed by atoms with Gasteiger partial charge in [-0.1, -0.05) is 41.9 Å². The van der Waals surface area contributed by atoms with E-state index in [2.05, 4.69) is 0 Å². The maximum atomic E-state index is 5.52. The lowest BCUT2D eigenvalue weighted by molar-refractivity contribution is 0.223.